The van der Waals surface area contributed by atoms with Crippen LogP contribution in [0.2, 0.25) is 0 Å². The number of hydrogen-bond donors (Lipinski definition) is 4. The minimum Gasteiger partial charge on any atom is -0.450 e. The molecule has 266 valence electrons. The minimum atomic E-state index is -2.91. The average Bonchev–Trinajstić information content (AvgIpc) is 3.50. The van der Waals surface area contributed by atoms with Crippen molar-refractivity contribution in [2.75, 3.05) is 13.6 Å². The quantitative estimate of drug-likeness (QED) is 0.207. The molecule has 5 atom stereocenters. The first-order chi connectivity index (χ1) is 21.9. The molecule has 1 saturated heterocycles. The van der Waals surface area contributed by atoms with E-state index < -0.39 is 84.1 Å². The molecule has 3 rings (SSSR count). The summed E-state index contributed by atoms with van der Waals surface area (Å²) in [5, 5.41) is 11.0. The Kier molecular flexibility index (Phi) is 13.1. The van der Waals surface area contributed by atoms with E-state index in [1.54, 1.807) is 20.8 Å². The Balaban J connectivity index is 1.88. The molecule has 0 radical (unpaired) electrons. The number of amides is 5. The summed E-state index contributed by atoms with van der Waals surface area (Å²) in [4.78, 5) is 80.7. The monoisotopic (exact) mass is 669 g/mol. The molecule has 14 heteroatoms. The van der Waals surface area contributed by atoms with Gasteiger partial charge in [-0.25, -0.2) is 8.78 Å². The second kappa shape index (κ2) is 16.2. The van der Waals surface area contributed by atoms with Crippen LogP contribution in [0.15, 0.2) is 0 Å². The highest BCUT2D eigenvalue weighted by atomic mass is 19.3. The van der Waals surface area contributed by atoms with Gasteiger partial charge in [0.2, 0.25) is 23.6 Å². The Hall–Kier alpha value is -3.32. The Morgan fingerprint density at radius 3 is 2.19 bits per heavy atom. The number of piperidine rings is 1. The SMILES string of the molecule is CCC[C@@H](C(=O)N[C@@H](C[C@@H]1CCCNC1=O)C(OC(C)=O)C(=O)NC1CC(F)(F)C1)N(C)C(=O)[C@H](NC(=O)C(C)(C)C)C1CCCC1. The van der Waals surface area contributed by atoms with Crippen LogP contribution < -0.4 is 21.3 Å². The Bertz CT molecular complexity index is 1160. The maximum atomic E-state index is 14.1. The van der Waals surface area contributed by atoms with Gasteiger partial charge in [0.25, 0.3) is 11.8 Å². The number of likely N-dealkylation sites (N-methyl/N-ethyl adjacent to an activating group) is 1. The number of carbonyl (C=O) groups excluding carboxylic acids is 6. The van der Waals surface area contributed by atoms with Crippen molar-refractivity contribution in [3.63, 3.8) is 0 Å². The maximum absolute atomic E-state index is 14.1. The van der Waals surface area contributed by atoms with E-state index in [0.29, 0.717) is 25.8 Å². The van der Waals surface area contributed by atoms with Crippen LogP contribution in [-0.2, 0) is 33.5 Å². The summed E-state index contributed by atoms with van der Waals surface area (Å²) in [6.45, 7) is 8.69. The molecule has 0 spiro atoms. The number of ether oxygens (including phenoxy) is 1. The summed E-state index contributed by atoms with van der Waals surface area (Å²) in [6.07, 6.45) is 2.47. The van der Waals surface area contributed by atoms with Crippen molar-refractivity contribution in [1.29, 1.82) is 0 Å². The van der Waals surface area contributed by atoms with Crippen molar-refractivity contribution in [2.45, 2.75) is 141 Å². The normalized spacial score (nSPS) is 22.5. The minimum absolute atomic E-state index is 0.0629. The first kappa shape index (κ1) is 38.1. The summed E-state index contributed by atoms with van der Waals surface area (Å²) in [5.41, 5.74) is -0.740. The predicted octanol–water partition coefficient (Wildman–Crippen LogP) is 2.58. The van der Waals surface area contributed by atoms with Gasteiger partial charge >= 0.3 is 5.97 Å². The molecule has 0 aromatic rings. The van der Waals surface area contributed by atoms with Gasteiger partial charge in [-0.05, 0) is 44.4 Å². The number of nitrogens with zero attached hydrogens (tertiary/aromatic N) is 1. The summed E-state index contributed by atoms with van der Waals surface area (Å²) in [5.74, 6) is -6.89. The molecule has 5 amide bonds. The lowest BCUT2D eigenvalue weighted by atomic mass is 9.86. The van der Waals surface area contributed by atoms with Gasteiger partial charge in [0, 0.05) is 50.7 Å². The number of hydrogen-bond acceptors (Lipinski definition) is 7. The van der Waals surface area contributed by atoms with Crippen molar-refractivity contribution < 1.29 is 42.3 Å². The molecule has 2 saturated carbocycles. The lowest BCUT2D eigenvalue weighted by Crippen LogP contribution is -2.61. The van der Waals surface area contributed by atoms with Gasteiger partial charge in [-0.1, -0.05) is 47.0 Å². The van der Waals surface area contributed by atoms with Gasteiger partial charge in [0.15, 0.2) is 6.10 Å². The van der Waals surface area contributed by atoms with E-state index in [2.05, 4.69) is 21.3 Å². The fraction of sp³-hybridized carbons (Fsp3) is 0.818. The van der Waals surface area contributed by atoms with Crippen LogP contribution >= 0.6 is 0 Å². The predicted molar refractivity (Wildman–Crippen MR) is 169 cm³/mol. The topological polar surface area (TPSA) is 163 Å². The molecule has 0 aromatic carbocycles. The molecule has 1 unspecified atom stereocenters. The molecule has 4 N–H and O–H groups in total. The molecule has 1 aliphatic heterocycles. The zero-order chi connectivity index (χ0) is 35.1. The van der Waals surface area contributed by atoms with E-state index in [1.165, 1.54) is 11.9 Å². The van der Waals surface area contributed by atoms with E-state index in [-0.39, 0.29) is 30.6 Å². The number of nitrogens with one attached hydrogen (secondary N) is 4. The van der Waals surface area contributed by atoms with Gasteiger partial charge in [-0.15, -0.1) is 0 Å². The summed E-state index contributed by atoms with van der Waals surface area (Å²) >= 11 is 0. The van der Waals surface area contributed by atoms with E-state index in [0.717, 1.165) is 32.6 Å². The number of esters is 1. The molecule has 3 aliphatic rings. The van der Waals surface area contributed by atoms with E-state index >= 15 is 0 Å². The van der Waals surface area contributed by atoms with Crippen LogP contribution in [-0.4, -0.2) is 90.2 Å². The third-order valence-electron chi connectivity index (χ3n) is 9.40. The van der Waals surface area contributed by atoms with E-state index in [9.17, 15) is 37.5 Å². The summed E-state index contributed by atoms with van der Waals surface area (Å²) < 4.78 is 32.4. The summed E-state index contributed by atoms with van der Waals surface area (Å²) in [7, 11) is 1.50. The molecule has 1 heterocycles. The highest BCUT2D eigenvalue weighted by molar-refractivity contribution is 5.94. The second-order valence-electron chi connectivity index (χ2n) is 14.5. The lowest BCUT2D eigenvalue weighted by Gasteiger charge is -2.38. The molecular formula is C33H53F2N5O7. The van der Waals surface area contributed by atoms with Gasteiger partial charge in [0.1, 0.15) is 12.1 Å². The van der Waals surface area contributed by atoms with Crippen LogP contribution in [0.5, 0.6) is 0 Å². The van der Waals surface area contributed by atoms with Crippen molar-refractivity contribution in [1.82, 2.24) is 26.2 Å². The first-order valence-electron chi connectivity index (χ1n) is 16.9. The Morgan fingerprint density at radius 1 is 1.02 bits per heavy atom. The number of carbonyl (C=O) groups is 6. The Labute approximate surface area is 276 Å². The van der Waals surface area contributed by atoms with Crippen LogP contribution in [0.25, 0.3) is 0 Å². The van der Waals surface area contributed by atoms with E-state index in [1.807, 2.05) is 6.92 Å². The van der Waals surface area contributed by atoms with Gasteiger partial charge in [-0.3, -0.25) is 28.8 Å². The van der Waals surface area contributed by atoms with Gasteiger partial charge in [0.05, 0.1) is 6.04 Å². The van der Waals surface area contributed by atoms with E-state index in [4.69, 9.17) is 4.74 Å². The fourth-order valence-electron chi connectivity index (χ4n) is 6.62. The molecule has 2 aliphatic carbocycles. The molecular weight excluding hydrogens is 616 g/mol. The van der Waals surface area contributed by atoms with Crippen molar-refractivity contribution in [3.8, 4) is 0 Å². The van der Waals surface area contributed by atoms with Gasteiger partial charge in [-0.2, -0.15) is 0 Å². The van der Waals surface area contributed by atoms with Crippen molar-refractivity contribution in [3.05, 3.63) is 0 Å². The van der Waals surface area contributed by atoms with Gasteiger partial charge < -0.3 is 30.9 Å². The van der Waals surface area contributed by atoms with Crippen LogP contribution in [0.3, 0.4) is 0 Å². The highest BCUT2D eigenvalue weighted by Gasteiger charge is 2.48. The van der Waals surface area contributed by atoms with Crippen LogP contribution in [0, 0.1) is 17.3 Å². The zero-order valence-corrected chi connectivity index (χ0v) is 28.6. The summed E-state index contributed by atoms with van der Waals surface area (Å²) in [6, 6.07) is -3.88. The van der Waals surface area contributed by atoms with Crippen molar-refractivity contribution in [2.24, 2.45) is 17.3 Å². The zero-order valence-electron chi connectivity index (χ0n) is 28.6. The molecule has 3 fully saturated rings. The number of halogens is 2. The first-order valence-corrected chi connectivity index (χ1v) is 16.9. The number of alkyl halides is 2. The average molecular weight is 670 g/mol. The highest BCUT2D eigenvalue weighted by Crippen LogP contribution is 2.37. The molecule has 0 aromatic heterocycles. The van der Waals surface area contributed by atoms with Crippen LogP contribution in [0.1, 0.15) is 105 Å². The third kappa shape index (κ3) is 10.6. The molecule has 0 bridgehead atoms. The molecule has 47 heavy (non-hydrogen) atoms. The largest absolute Gasteiger partial charge is 0.450 e. The Morgan fingerprint density at radius 2 is 1.66 bits per heavy atom. The van der Waals surface area contributed by atoms with Crippen LogP contribution in [0.4, 0.5) is 8.78 Å². The lowest BCUT2D eigenvalue weighted by molar-refractivity contribution is -0.159. The maximum Gasteiger partial charge on any atom is 0.303 e. The van der Waals surface area contributed by atoms with Crippen molar-refractivity contribution >= 4 is 35.5 Å². The smallest absolute Gasteiger partial charge is 0.303 e. The number of rotatable bonds is 14. The standard InChI is InChI=1S/C33H53F2N5O7/c1-7-11-24(40(6)30(45)25(20-12-8-9-13-20)39-31(46)32(3,4)5)28(43)38-23(16-21-14-10-15-36-27(21)42)26(47-19(2)41)29(44)37-22-17-33(34,35)18-22/h20-26H,7-18H2,1-6H3,(H,36,42)(H,37,44)(H,38,43)(H,39,46)/t21-,23-,24-,25+,26?/m0/s1. The third-order valence-corrected chi connectivity index (χ3v) is 9.40. The second-order valence-corrected chi connectivity index (χ2v) is 14.5. The molecule has 12 nitrogen and oxygen atoms in total. The fourth-order valence-corrected chi connectivity index (χ4v) is 6.62.